The number of hydrogen-bond acceptors (Lipinski definition) is 3. The van der Waals surface area contributed by atoms with Crippen LogP contribution in [0.2, 0.25) is 0 Å². The van der Waals surface area contributed by atoms with Crippen molar-refractivity contribution in [3.05, 3.63) is 29.8 Å². The van der Waals surface area contributed by atoms with Crippen LogP contribution in [0, 0.1) is 0 Å². The fraction of sp³-hybridized carbons (Fsp3) is 0.632. The fourth-order valence-corrected chi connectivity index (χ4v) is 2.74. The van der Waals surface area contributed by atoms with E-state index in [2.05, 4.69) is 32.9 Å². The molecule has 0 saturated carbocycles. The Morgan fingerprint density at radius 1 is 1.22 bits per heavy atom. The minimum Gasteiger partial charge on any atom is -0.494 e. The van der Waals surface area contributed by atoms with Crippen molar-refractivity contribution >= 4 is 5.91 Å². The van der Waals surface area contributed by atoms with Crippen molar-refractivity contribution in [3.63, 3.8) is 0 Å². The van der Waals surface area contributed by atoms with Crippen molar-refractivity contribution in [3.8, 4) is 5.75 Å². The van der Waals surface area contributed by atoms with Crippen molar-refractivity contribution in [1.82, 2.24) is 4.90 Å². The molecule has 4 heteroatoms. The summed E-state index contributed by atoms with van der Waals surface area (Å²) in [5.41, 5.74) is 1.43. The largest absolute Gasteiger partial charge is 0.494 e. The topological polar surface area (TPSA) is 49.8 Å². The van der Waals surface area contributed by atoms with Crippen LogP contribution in [0.3, 0.4) is 0 Å². The molecule has 0 unspecified atom stereocenters. The molecule has 0 spiro atoms. The monoisotopic (exact) mass is 319 g/mol. The minimum absolute atomic E-state index is 0.146. The molecule has 0 bridgehead atoms. The van der Waals surface area contributed by atoms with Gasteiger partial charge in [-0.3, -0.25) is 4.79 Å². The highest BCUT2D eigenvalue weighted by Gasteiger charge is 2.20. The van der Waals surface area contributed by atoms with Gasteiger partial charge in [0.2, 0.25) is 5.91 Å². The van der Waals surface area contributed by atoms with E-state index in [0.717, 1.165) is 12.2 Å². The molecule has 1 N–H and O–H groups in total. The first-order valence-corrected chi connectivity index (χ1v) is 8.55. The quantitative estimate of drug-likeness (QED) is 0.848. The number of carbonyl (C=O) groups is 1. The number of aliphatic hydroxyl groups is 1. The molecule has 1 heterocycles. The highest BCUT2D eigenvalue weighted by atomic mass is 16.5. The Labute approximate surface area is 139 Å². The Morgan fingerprint density at radius 2 is 1.83 bits per heavy atom. The number of carbonyl (C=O) groups excluding carboxylic acids is 1. The summed E-state index contributed by atoms with van der Waals surface area (Å²) in [5.74, 6) is 1.02. The summed E-state index contributed by atoms with van der Waals surface area (Å²) in [6.07, 6.45) is 2.39. The van der Waals surface area contributed by atoms with Crippen LogP contribution in [0.5, 0.6) is 5.75 Å². The van der Waals surface area contributed by atoms with Gasteiger partial charge in [0.15, 0.2) is 0 Å². The van der Waals surface area contributed by atoms with Gasteiger partial charge in [0, 0.05) is 19.5 Å². The van der Waals surface area contributed by atoms with Gasteiger partial charge in [0.05, 0.1) is 12.7 Å². The molecule has 0 radical (unpaired) electrons. The second-order valence-corrected chi connectivity index (χ2v) is 7.34. The van der Waals surface area contributed by atoms with Crippen molar-refractivity contribution < 1.29 is 14.6 Å². The Balaban J connectivity index is 1.68. The standard InChI is InChI=1S/C19H29NO3/c1-19(2,3)15-6-8-17(9-7-15)23-14-4-5-18(22)20-12-10-16(21)11-13-20/h6-9,16,21H,4-5,10-14H2,1-3H3. The van der Waals surface area contributed by atoms with Crippen LogP contribution in [0.25, 0.3) is 0 Å². The molecule has 1 aliphatic heterocycles. The summed E-state index contributed by atoms with van der Waals surface area (Å²) in [4.78, 5) is 13.9. The fourth-order valence-electron chi connectivity index (χ4n) is 2.74. The summed E-state index contributed by atoms with van der Waals surface area (Å²) in [6, 6.07) is 8.18. The molecule has 2 rings (SSSR count). The lowest BCUT2D eigenvalue weighted by atomic mass is 9.87. The number of piperidine rings is 1. The van der Waals surface area contributed by atoms with Gasteiger partial charge in [-0.05, 0) is 42.4 Å². The van der Waals surface area contributed by atoms with Crippen LogP contribution in [0.15, 0.2) is 24.3 Å². The van der Waals surface area contributed by atoms with E-state index in [1.54, 1.807) is 0 Å². The predicted molar refractivity (Wildman–Crippen MR) is 91.7 cm³/mol. The van der Waals surface area contributed by atoms with Crippen LogP contribution < -0.4 is 4.74 Å². The van der Waals surface area contributed by atoms with Crippen LogP contribution in [-0.4, -0.2) is 41.7 Å². The molecule has 0 atom stereocenters. The first kappa shape index (κ1) is 17.8. The SMILES string of the molecule is CC(C)(C)c1ccc(OCCCC(=O)N2CCC(O)CC2)cc1. The maximum Gasteiger partial charge on any atom is 0.222 e. The molecule has 1 aliphatic rings. The second-order valence-electron chi connectivity index (χ2n) is 7.34. The first-order chi connectivity index (χ1) is 10.9. The van der Waals surface area contributed by atoms with E-state index in [4.69, 9.17) is 4.74 Å². The van der Waals surface area contributed by atoms with E-state index in [9.17, 15) is 9.90 Å². The minimum atomic E-state index is -0.238. The predicted octanol–water partition coefficient (Wildman–Crippen LogP) is 3.13. The lowest BCUT2D eigenvalue weighted by Crippen LogP contribution is -2.40. The van der Waals surface area contributed by atoms with Crippen LogP contribution in [0.4, 0.5) is 0 Å². The van der Waals surface area contributed by atoms with E-state index in [-0.39, 0.29) is 17.4 Å². The third kappa shape index (κ3) is 5.54. The Kier molecular flexibility index (Phi) is 6.05. The van der Waals surface area contributed by atoms with Crippen molar-refractivity contribution in [1.29, 1.82) is 0 Å². The zero-order valence-corrected chi connectivity index (χ0v) is 14.5. The van der Waals surface area contributed by atoms with Gasteiger partial charge in [-0.15, -0.1) is 0 Å². The van der Waals surface area contributed by atoms with E-state index < -0.39 is 0 Å². The number of hydrogen-bond donors (Lipinski definition) is 1. The molecule has 128 valence electrons. The number of nitrogens with zero attached hydrogens (tertiary/aromatic N) is 1. The van der Waals surface area contributed by atoms with E-state index in [1.807, 2.05) is 17.0 Å². The third-order valence-corrected chi connectivity index (χ3v) is 4.34. The number of ether oxygens (including phenoxy) is 1. The molecule has 4 nitrogen and oxygen atoms in total. The van der Waals surface area contributed by atoms with Crippen LogP contribution >= 0.6 is 0 Å². The number of amides is 1. The molecule has 1 saturated heterocycles. The smallest absolute Gasteiger partial charge is 0.222 e. The van der Waals surface area contributed by atoms with Crippen LogP contribution in [-0.2, 0) is 10.2 Å². The summed E-state index contributed by atoms with van der Waals surface area (Å²) >= 11 is 0. The number of benzene rings is 1. The van der Waals surface area contributed by atoms with Gasteiger partial charge in [0.1, 0.15) is 5.75 Å². The van der Waals surface area contributed by atoms with Gasteiger partial charge in [-0.1, -0.05) is 32.9 Å². The lowest BCUT2D eigenvalue weighted by molar-refractivity contribution is -0.133. The van der Waals surface area contributed by atoms with Crippen molar-refractivity contribution in [2.75, 3.05) is 19.7 Å². The van der Waals surface area contributed by atoms with Gasteiger partial charge in [0.25, 0.3) is 0 Å². The van der Waals surface area contributed by atoms with Gasteiger partial charge < -0.3 is 14.7 Å². The average Bonchev–Trinajstić information content (AvgIpc) is 2.51. The Morgan fingerprint density at radius 3 is 2.39 bits per heavy atom. The number of likely N-dealkylation sites (tertiary alicyclic amines) is 1. The van der Waals surface area contributed by atoms with Crippen molar-refractivity contribution in [2.45, 2.75) is 58.0 Å². The van der Waals surface area contributed by atoms with Gasteiger partial charge >= 0.3 is 0 Å². The second kappa shape index (κ2) is 7.82. The molecule has 0 aromatic heterocycles. The molecule has 1 aromatic carbocycles. The Bertz CT molecular complexity index is 496. The average molecular weight is 319 g/mol. The van der Waals surface area contributed by atoms with Gasteiger partial charge in [-0.2, -0.15) is 0 Å². The summed E-state index contributed by atoms with van der Waals surface area (Å²) < 4.78 is 5.72. The molecule has 0 aliphatic carbocycles. The molecular weight excluding hydrogens is 290 g/mol. The molecule has 1 fully saturated rings. The third-order valence-electron chi connectivity index (χ3n) is 4.34. The summed E-state index contributed by atoms with van der Waals surface area (Å²) in [6.45, 7) is 8.47. The zero-order valence-electron chi connectivity index (χ0n) is 14.5. The highest BCUT2D eigenvalue weighted by Crippen LogP contribution is 2.24. The van der Waals surface area contributed by atoms with E-state index in [1.165, 1.54) is 5.56 Å². The first-order valence-electron chi connectivity index (χ1n) is 8.55. The molecule has 1 amide bonds. The summed E-state index contributed by atoms with van der Waals surface area (Å²) in [7, 11) is 0. The van der Waals surface area contributed by atoms with Crippen molar-refractivity contribution in [2.24, 2.45) is 0 Å². The molecule has 1 aromatic rings. The lowest BCUT2D eigenvalue weighted by Gasteiger charge is -2.29. The Hall–Kier alpha value is -1.55. The number of rotatable bonds is 5. The summed E-state index contributed by atoms with van der Waals surface area (Å²) in [5, 5.41) is 9.46. The van der Waals surface area contributed by atoms with Gasteiger partial charge in [-0.25, -0.2) is 0 Å². The zero-order chi connectivity index (χ0) is 16.9. The van der Waals surface area contributed by atoms with E-state index >= 15 is 0 Å². The normalized spacial score (nSPS) is 16.4. The molecule has 23 heavy (non-hydrogen) atoms. The maximum atomic E-state index is 12.1. The van der Waals surface area contributed by atoms with Crippen LogP contribution in [0.1, 0.15) is 52.0 Å². The number of aliphatic hydroxyl groups excluding tert-OH is 1. The highest BCUT2D eigenvalue weighted by molar-refractivity contribution is 5.76. The maximum absolute atomic E-state index is 12.1. The molecular formula is C19H29NO3. The van der Waals surface area contributed by atoms with E-state index in [0.29, 0.717) is 39.0 Å².